The highest BCUT2D eigenvalue weighted by molar-refractivity contribution is 5.87. The summed E-state index contributed by atoms with van der Waals surface area (Å²) in [7, 11) is 0. The first-order chi connectivity index (χ1) is 19.1. The molecule has 1 aromatic heterocycles. The molecule has 0 saturated carbocycles. The van der Waals surface area contributed by atoms with Crippen LogP contribution in [0.1, 0.15) is 69.5 Å². The summed E-state index contributed by atoms with van der Waals surface area (Å²) < 4.78 is 24.7. The fraction of sp³-hybridized carbons (Fsp3) is 0.471. The van der Waals surface area contributed by atoms with Gasteiger partial charge in [-0.1, -0.05) is 44.5 Å². The van der Waals surface area contributed by atoms with Gasteiger partial charge in [0.05, 0.1) is 24.8 Å². The van der Waals surface area contributed by atoms with Gasteiger partial charge in [0, 0.05) is 42.0 Å². The summed E-state index contributed by atoms with van der Waals surface area (Å²) in [5.74, 6) is 0.322. The molecule has 2 heterocycles. The van der Waals surface area contributed by atoms with Crippen LogP contribution in [0.25, 0.3) is 11.1 Å². The lowest BCUT2D eigenvalue weighted by Gasteiger charge is -2.41. The molecule has 0 amide bonds. The Morgan fingerprint density at radius 1 is 1.02 bits per heavy atom. The lowest BCUT2D eigenvalue weighted by Crippen LogP contribution is -2.39. The number of piperidine rings is 1. The molecule has 0 aliphatic carbocycles. The quantitative estimate of drug-likeness (QED) is 0.245. The number of esters is 1. The molecule has 0 unspecified atom stereocenters. The number of aryl methyl sites for hydroxylation is 2. The van der Waals surface area contributed by atoms with E-state index in [2.05, 4.69) is 37.8 Å². The molecule has 1 aliphatic heterocycles. The molecule has 2 aromatic carbocycles. The van der Waals surface area contributed by atoms with E-state index in [4.69, 9.17) is 14.5 Å². The molecule has 0 atom stereocenters. The van der Waals surface area contributed by atoms with Crippen LogP contribution in [0.4, 0.5) is 10.1 Å². The number of pyridine rings is 1. The average Bonchev–Trinajstić information content (AvgIpc) is 2.92. The van der Waals surface area contributed by atoms with Crippen molar-refractivity contribution in [2.24, 2.45) is 5.41 Å². The Morgan fingerprint density at radius 3 is 2.27 bits per heavy atom. The van der Waals surface area contributed by atoms with E-state index in [9.17, 15) is 9.18 Å². The first kappa shape index (κ1) is 29.6. The molecule has 0 bridgehead atoms. The first-order valence-corrected chi connectivity index (χ1v) is 14.5. The monoisotopic (exact) mass is 546 g/mol. The predicted molar refractivity (Wildman–Crippen MR) is 160 cm³/mol. The van der Waals surface area contributed by atoms with E-state index in [0.717, 1.165) is 77.4 Å². The van der Waals surface area contributed by atoms with Crippen LogP contribution in [0.15, 0.2) is 48.5 Å². The summed E-state index contributed by atoms with van der Waals surface area (Å²) >= 11 is 0. The van der Waals surface area contributed by atoms with Crippen molar-refractivity contribution < 1.29 is 18.7 Å². The lowest BCUT2D eigenvalue weighted by atomic mass is 9.78. The Hall–Kier alpha value is -3.41. The Labute approximate surface area is 238 Å². The molecule has 40 heavy (non-hydrogen) atoms. The fourth-order valence-electron chi connectivity index (χ4n) is 5.50. The third-order valence-corrected chi connectivity index (χ3v) is 8.20. The van der Waals surface area contributed by atoms with Gasteiger partial charge in [-0.05, 0) is 81.3 Å². The van der Waals surface area contributed by atoms with Crippen molar-refractivity contribution in [3.8, 4) is 16.9 Å². The number of benzene rings is 2. The summed E-state index contributed by atoms with van der Waals surface area (Å²) in [5.41, 5.74) is 7.37. The highest BCUT2D eigenvalue weighted by atomic mass is 19.1. The number of hydrogen-bond acceptors (Lipinski definition) is 5. The van der Waals surface area contributed by atoms with E-state index in [1.54, 1.807) is 12.1 Å². The van der Waals surface area contributed by atoms with Crippen molar-refractivity contribution in [3.63, 3.8) is 0 Å². The van der Waals surface area contributed by atoms with Crippen molar-refractivity contribution in [1.29, 1.82) is 0 Å². The number of anilines is 1. The van der Waals surface area contributed by atoms with E-state index >= 15 is 0 Å². The van der Waals surface area contributed by atoms with Gasteiger partial charge in [-0.25, -0.2) is 4.39 Å². The maximum Gasteiger partial charge on any atom is 0.310 e. The molecule has 214 valence electrons. The Balaban J connectivity index is 1.63. The largest absolute Gasteiger partial charge is 0.493 e. The van der Waals surface area contributed by atoms with E-state index < -0.39 is 0 Å². The van der Waals surface area contributed by atoms with Crippen molar-refractivity contribution in [1.82, 2.24) is 4.98 Å². The molecule has 3 aromatic rings. The zero-order chi connectivity index (χ0) is 28.9. The molecule has 5 nitrogen and oxygen atoms in total. The average molecular weight is 547 g/mol. The zero-order valence-corrected chi connectivity index (χ0v) is 24.9. The Bertz CT molecular complexity index is 1290. The molecule has 0 radical (unpaired) electrons. The van der Waals surface area contributed by atoms with Crippen LogP contribution in [0.2, 0.25) is 0 Å². The van der Waals surface area contributed by atoms with Crippen molar-refractivity contribution >= 4 is 11.7 Å². The van der Waals surface area contributed by atoms with Gasteiger partial charge in [-0.2, -0.15) is 0 Å². The molecular weight excluding hydrogens is 503 g/mol. The summed E-state index contributed by atoms with van der Waals surface area (Å²) in [4.78, 5) is 20.2. The number of nitrogens with zero attached hydrogens (tertiary/aromatic N) is 2. The van der Waals surface area contributed by atoms with E-state index in [1.807, 2.05) is 32.9 Å². The van der Waals surface area contributed by atoms with E-state index in [-0.39, 0.29) is 24.3 Å². The minimum absolute atomic E-state index is 0.162. The van der Waals surface area contributed by atoms with Crippen LogP contribution >= 0.6 is 0 Å². The maximum absolute atomic E-state index is 13.2. The van der Waals surface area contributed by atoms with Gasteiger partial charge in [-0.15, -0.1) is 0 Å². The number of rotatable bonds is 10. The predicted octanol–water partition coefficient (Wildman–Crippen LogP) is 7.64. The van der Waals surface area contributed by atoms with Crippen molar-refractivity contribution in [3.05, 3.63) is 76.9 Å². The van der Waals surface area contributed by atoms with Gasteiger partial charge in [0.1, 0.15) is 11.6 Å². The molecule has 1 saturated heterocycles. The van der Waals surface area contributed by atoms with Crippen molar-refractivity contribution in [2.75, 3.05) is 24.6 Å². The molecule has 4 rings (SSSR count). The van der Waals surface area contributed by atoms with E-state index in [1.165, 1.54) is 12.1 Å². The number of aromatic nitrogens is 1. The normalized spacial score (nSPS) is 14.8. The number of carbonyl (C=O) groups excluding carboxylic acids is 1. The van der Waals surface area contributed by atoms with Gasteiger partial charge < -0.3 is 14.4 Å². The zero-order valence-electron chi connectivity index (χ0n) is 24.9. The summed E-state index contributed by atoms with van der Waals surface area (Å²) in [6, 6.07) is 14.6. The molecular formula is C34H43FN2O3. The van der Waals surface area contributed by atoms with Crippen LogP contribution in [-0.2, 0) is 22.4 Å². The van der Waals surface area contributed by atoms with Crippen LogP contribution < -0.4 is 9.64 Å². The maximum atomic E-state index is 13.2. The second kappa shape index (κ2) is 12.8. The number of ether oxygens (including phenoxy) is 2. The van der Waals surface area contributed by atoms with Crippen molar-refractivity contribution in [2.45, 2.75) is 79.8 Å². The second-order valence-electron chi connectivity index (χ2n) is 11.6. The molecule has 0 spiro atoms. The minimum atomic E-state index is -0.232. The summed E-state index contributed by atoms with van der Waals surface area (Å²) in [6.45, 7) is 14.9. The third-order valence-electron chi connectivity index (χ3n) is 8.20. The highest BCUT2D eigenvalue weighted by Crippen LogP contribution is 2.42. The van der Waals surface area contributed by atoms with Crippen LogP contribution in [-0.4, -0.2) is 36.8 Å². The standard InChI is InChI=1S/C34H43FN2O3/c1-7-34(6)17-19-37(20-18-34)33-30(22-31(38)40-23(2)3)24(4)36-25(5)32(33)27-10-14-29(15-11-27)39-21-16-26-8-12-28(35)13-9-26/h8-15,23H,7,16-22H2,1-6H3. The number of halogens is 1. The minimum Gasteiger partial charge on any atom is -0.493 e. The first-order valence-electron chi connectivity index (χ1n) is 14.5. The summed E-state index contributed by atoms with van der Waals surface area (Å²) in [6.07, 6.45) is 4.13. The molecule has 1 aliphatic rings. The van der Waals surface area contributed by atoms with E-state index in [0.29, 0.717) is 18.4 Å². The second-order valence-corrected chi connectivity index (χ2v) is 11.6. The molecule has 6 heteroatoms. The summed E-state index contributed by atoms with van der Waals surface area (Å²) in [5, 5.41) is 0. The van der Waals surface area contributed by atoms with Gasteiger partial charge in [0.15, 0.2) is 0 Å². The lowest BCUT2D eigenvalue weighted by molar-refractivity contribution is -0.146. The van der Waals surface area contributed by atoms with Crippen LogP contribution in [0.3, 0.4) is 0 Å². The number of carbonyl (C=O) groups is 1. The fourth-order valence-corrected chi connectivity index (χ4v) is 5.50. The smallest absolute Gasteiger partial charge is 0.310 e. The SMILES string of the molecule is CCC1(C)CCN(c2c(CC(=O)OC(C)C)c(C)nc(C)c2-c2ccc(OCCc3ccc(F)cc3)cc2)CC1. The third kappa shape index (κ3) is 7.21. The Morgan fingerprint density at radius 2 is 1.68 bits per heavy atom. The topological polar surface area (TPSA) is 51.7 Å². The van der Waals surface area contributed by atoms with Gasteiger partial charge >= 0.3 is 5.97 Å². The number of hydrogen-bond donors (Lipinski definition) is 0. The van der Waals surface area contributed by atoms with Gasteiger partial charge in [0.25, 0.3) is 0 Å². The van der Waals surface area contributed by atoms with Gasteiger partial charge in [0.2, 0.25) is 0 Å². The highest BCUT2D eigenvalue weighted by Gasteiger charge is 2.32. The molecule has 0 N–H and O–H groups in total. The molecule has 1 fully saturated rings. The van der Waals surface area contributed by atoms with Crippen LogP contribution in [0, 0.1) is 25.1 Å². The van der Waals surface area contributed by atoms with Gasteiger partial charge in [-0.3, -0.25) is 9.78 Å². The Kier molecular flexibility index (Phi) is 9.49. The van der Waals surface area contributed by atoms with Crippen LogP contribution in [0.5, 0.6) is 5.75 Å².